The first-order valence-corrected chi connectivity index (χ1v) is 5.69. The Morgan fingerprint density at radius 1 is 1.24 bits per heavy atom. The van der Waals surface area contributed by atoms with Crippen molar-refractivity contribution in [1.29, 1.82) is 0 Å². The minimum Gasteiger partial charge on any atom is -0.493 e. The van der Waals surface area contributed by atoms with Crippen LogP contribution in [0.3, 0.4) is 0 Å². The Morgan fingerprint density at radius 3 is 2.59 bits per heavy atom. The number of esters is 1. The molecule has 0 aliphatic rings. The van der Waals surface area contributed by atoms with Gasteiger partial charge in [0, 0.05) is 19.6 Å². The minimum absolute atomic E-state index is 0.269. The molecular formula is C13H18O4. The Hall–Kier alpha value is -1.55. The van der Waals surface area contributed by atoms with Gasteiger partial charge in [-0.2, -0.15) is 0 Å². The van der Waals surface area contributed by atoms with E-state index in [4.69, 9.17) is 14.2 Å². The Balaban J connectivity index is 2.39. The zero-order valence-corrected chi connectivity index (χ0v) is 10.3. The van der Waals surface area contributed by atoms with Crippen molar-refractivity contribution in [2.75, 3.05) is 20.3 Å². The van der Waals surface area contributed by atoms with E-state index in [-0.39, 0.29) is 5.97 Å². The van der Waals surface area contributed by atoms with Gasteiger partial charge < -0.3 is 14.2 Å². The molecule has 0 N–H and O–H groups in total. The van der Waals surface area contributed by atoms with E-state index in [9.17, 15) is 4.79 Å². The predicted octanol–water partition coefficient (Wildman–Crippen LogP) is 2.42. The smallest absolute Gasteiger partial charge is 0.311 e. The lowest BCUT2D eigenvalue weighted by Gasteiger charge is -2.08. The summed E-state index contributed by atoms with van der Waals surface area (Å²) in [5.41, 5.74) is 0. The van der Waals surface area contributed by atoms with E-state index in [0.29, 0.717) is 37.6 Å². The fourth-order valence-electron chi connectivity index (χ4n) is 1.34. The number of hydrogen-bond acceptors (Lipinski definition) is 4. The third-order valence-corrected chi connectivity index (χ3v) is 2.17. The number of benzene rings is 1. The summed E-state index contributed by atoms with van der Waals surface area (Å²) >= 11 is 0. The molecule has 0 aliphatic carbocycles. The molecule has 0 bridgehead atoms. The maximum Gasteiger partial charge on any atom is 0.311 e. The van der Waals surface area contributed by atoms with Gasteiger partial charge in [0.25, 0.3) is 0 Å². The SMILES string of the molecule is CCOCCCC(=O)Oc1ccccc1OC. The molecule has 94 valence electrons. The Morgan fingerprint density at radius 2 is 1.94 bits per heavy atom. The molecule has 0 radical (unpaired) electrons. The Bertz CT molecular complexity index is 349. The van der Waals surface area contributed by atoms with Crippen molar-refractivity contribution in [3.05, 3.63) is 24.3 Å². The largest absolute Gasteiger partial charge is 0.493 e. The van der Waals surface area contributed by atoms with Crippen LogP contribution in [0.15, 0.2) is 24.3 Å². The summed E-state index contributed by atoms with van der Waals surface area (Å²) in [6.45, 7) is 3.17. The summed E-state index contributed by atoms with van der Waals surface area (Å²) in [7, 11) is 1.54. The van der Waals surface area contributed by atoms with Crippen molar-refractivity contribution in [2.24, 2.45) is 0 Å². The van der Waals surface area contributed by atoms with Crippen LogP contribution < -0.4 is 9.47 Å². The number of carbonyl (C=O) groups is 1. The highest BCUT2D eigenvalue weighted by molar-refractivity contribution is 5.73. The van der Waals surface area contributed by atoms with E-state index >= 15 is 0 Å². The van der Waals surface area contributed by atoms with Gasteiger partial charge in [0.05, 0.1) is 7.11 Å². The highest BCUT2D eigenvalue weighted by atomic mass is 16.6. The summed E-state index contributed by atoms with van der Waals surface area (Å²) in [6, 6.07) is 7.08. The van der Waals surface area contributed by atoms with Crippen molar-refractivity contribution in [2.45, 2.75) is 19.8 Å². The molecule has 1 rings (SSSR count). The molecule has 0 fully saturated rings. The minimum atomic E-state index is -0.269. The molecule has 4 nitrogen and oxygen atoms in total. The van der Waals surface area contributed by atoms with Gasteiger partial charge in [-0.25, -0.2) is 0 Å². The van der Waals surface area contributed by atoms with E-state index in [0.717, 1.165) is 0 Å². The second-order valence-electron chi connectivity index (χ2n) is 3.43. The molecule has 1 aromatic rings. The zero-order valence-electron chi connectivity index (χ0n) is 10.3. The molecular weight excluding hydrogens is 220 g/mol. The molecule has 0 unspecified atom stereocenters. The highest BCUT2D eigenvalue weighted by Crippen LogP contribution is 2.26. The van der Waals surface area contributed by atoms with E-state index in [1.807, 2.05) is 13.0 Å². The molecule has 0 heterocycles. The molecule has 0 amide bonds. The molecule has 0 aliphatic heterocycles. The first kappa shape index (κ1) is 13.5. The second-order valence-corrected chi connectivity index (χ2v) is 3.43. The lowest BCUT2D eigenvalue weighted by atomic mass is 10.3. The topological polar surface area (TPSA) is 44.8 Å². The molecule has 0 aromatic heterocycles. The Labute approximate surface area is 101 Å². The fraction of sp³-hybridized carbons (Fsp3) is 0.462. The van der Waals surface area contributed by atoms with Crippen LogP contribution in [0.2, 0.25) is 0 Å². The number of carbonyl (C=O) groups excluding carboxylic acids is 1. The lowest BCUT2D eigenvalue weighted by molar-refractivity contribution is -0.134. The summed E-state index contributed by atoms with van der Waals surface area (Å²) < 4.78 is 15.4. The monoisotopic (exact) mass is 238 g/mol. The molecule has 17 heavy (non-hydrogen) atoms. The molecule has 1 aromatic carbocycles. The maximum absolute atomic E-state index is 11.5. The second kappa shape index (κ2) is 7.68. The van der Waals surface area contributed by atoms with Crippen molar-refractivity contribution < 1.29 is 19.0 Å². The normalized spacial score (nSPS) is 10.0. The standard InChI is InChI=1S/C13H18O4/c1-3-16-10-6-9-13(14)17-12-8-5-4-7-11(12)15-2/h4-5,7-8H,3,6,9-10H2,1-2H3. The van der Waals surface area contributed by atoms with Crippen molar-refractivity contribution in [3.8, 4) is 11.5 Å². The average molecular weight is 238 g/mol. The number of rotatable bonds is 7. The maximum atomic E-state index is 11.5. The lowest BCUT2D eigenvalue weighted by Crippen LogP contribution is -2.09. The third-order valence-electron chi connectivity index (χ3n) is 2.17. The summed E-state index contributed by atoms with van der Waals surface area (Å²) in [4.78, 5) is 11.5. The van der Waals surface area contributed by atoms with Crippen molar-refractivity contribution in [3.63, 3.8) is 0 Å². The van der Waals surface area contributed by atoms with Gasteiger partial charge in [-0.3, -0.25) is 4.79 Å². The first-order chi connectivity index (χ1) is 8.27. The van der Waals surface area contributed by atoms with Gasteiger partial charge in [0.1, 0.15) is 0 Å². The molecule has 4 heteroatoms. The Kier molecular flexibility index (Phi) is 6.10. The summed E-state index contributed by atoms with van der Waals surface area (Å²) in [5.74, 6) is 0.747. The highest BCUT2D eigenvalue weighted by Gasteiger charge is 2.08. The van der Waals surface area contributed by atoms with Crippen molar-refractivity contribution >= 4 is 5.97 Å². The van der Waals surface area contributed by atoms with Gasteiger partial charge >= 0.3 is 5.97 Å². The quantitative estimate of drug-likeness (QED) is 0.416. The summed E-state index contributed by atoms with van der Waals surface area (Å²) in [6.07, 6.45) is 1.01. The third kappa shape index (κ3) is 4.87. The van der Waals surface area contributed by atoms with Gasteiger partial charge in [0.15, 0.2) is 11.5 Å². The van der Waals surface area contributed by atoms with Crippen LogP contribution in [0.4, 0.5) is 0 Å². The molecule has 0 spiro atoms. The molecule has 0 saturated heterocycles. The van der Waals surface area contributed by atoms with E-state index in [2.05, 4.69) is 0 Å². The number of ether oxygens (including phenoxy) is 3. The van der Waals surface area contributed by atoms with Gasteiger partial charge in [-0.05, 0) is 25.5 Å². The fourth-order valence-corrected chi connectivity index (χ4v) is 1.34. The predicted molar refractivity (Wildman–Crippen MR) is 64.4 cm³/mol. The summed E-state index contributed by atoms with van der Waals surface area (Å²) in [5, 5.41) is 0. The molecule has 0 atom stereocenters. The van der Waals surface area contributed by atoms with Gasteiger partial charge in [-0.1, -0.05) is 12.1 Å². The van der Waals surface area contributed by atoms with Gasteiger partial charge in [-0.15, -0.1) is 0 Å². The van der Waals surface area contributed by atoms with Crippen LogP contribution in [-0.2, 0) is 9.53 Å². The van der Waals surface area contributed by atoms with Crippen LogP contribution in [0.25, 0.3) is 0 Å². The number of methoxy groups -OCH3 is 1. The zero-order chi connectivity index (χ0) is 12.5. The van der Waals surface area contributed by atoms with Crippen LogP contribution in [0.1, 0.15) is 19.8 Å². The van der Waals surface area contributed by atoms with Gasteiger partial charge in [0.2, 0.25) is 0 Å². The number of hydrogen-bond donors (Lipinski definition) is 0. The van der Waals surface area contributed by atoms with E-state index < -0.39 is 0 Å². The van der Waals surface area contributed by atoms with E-state index in [1.54, 1.807) is 25.3 Å². The number of para-hydroxylation sites is 2. The van der Waals surface area contributed by atoms with Crippen molar-refractivity contribution in [1.82, 2.24) is 0 Å². The van der Waals surface area contributed by atoms with Crippen LogP contribution in [0, 0.1) is 0 Å². The first-order valence-electron chi connectivity index (χ1n) is 5.69. The van der Waals surface area contributed by atoms with Crippen LogP contribution in [-0.4, -0.2) is 26.3 Å². The molecule has 0 saturated carbocycles. The average Bonchev–Trinajstić information content (AvgIpc) is 2.35. The van der Waals surface area contributed by atoms with Crippen LogP contribution in [0.5, 0.6) is 11.5 Å². The van der Waals surface area contributed by atoms with Crippen LogP contribution >= 0.6 is 0 Å². The van der Waals surface area contributed by atoms with E-state index in [1.165, 1.54) is 0 Å².